The maximum atomic E-state index is 13.4. The summed E-state index contributed by atoms with van der Waals surface area (Å²) in [6.07, 6.45) is 16.4. The molecule has 0 radical (unpaired) electrons. The molecule has 5 unspecified atom stereocenters. The van der Waals surface area contributed by atoms with Gasteiger partial charge in [0.05, 0.1) is 12.1 Å². The predicted molar refractivity (Wildman–Crippen MR) is 141 cm³/mol. The van der Waals surface area contributed by atoms with Gasteiger partial charge >= 0.3 is 0 Å². The maximum absolute atomic E-state index is 13.4. The van der Waals surface area contributed by atoms with Gasteiger partial charge in [-0.25, -0.2) is 0 Å². The van der Waals surface area contributed by atoms with Crippen LogP contribution in [0.2, 0.25) is 0 Å². The number of rotatable bonds is 5. The van der Waals surface area contributed by atoms with Crippen molar-refractivity contribution in [2.75, 3.05) is 26.2 Å². The summed E-state index contributed by atoms with van der Waals surface area (Å²) in [6, 6.07) is 4.61. The van der Waals surface area contributed by atoms with Crippen molar-refractivity contribution in [1.29, 1.82) is 0 Å². The van der Waals surface area contributed by atoms with Crippen LogP contribution in [0.3, 0.4) is 0 Å². The summed E-state index contributed by atoms with van der Waals surface area (Å²) in [5.74, 6) is 1.09. The lowest BCUT2D eigenvalue weighted by Crippen LogP contribution is -2.45. The Morgan fingerprint density at radius 1 is 1.05 bits per heavy atom. The van der Waals surface area contributed by atoms with Crippen molar-refractivity contribution < 1.29 is 9.59 Å². The van der Waals surface area contributed by atoms with Gasteiger partial charge in [-0.2, -0.15) is 5.11 Å². The summed E-state index contributed by atoms with van der Waals surface area (Å²) >= 11 is 0. The number of nitrogens with one attached hydrogen (secondary N) is 1. The molecule has 196 valence electrons. The maximum Gasteiger partial charge on any atom is 0.246 e. The van der Waals surface area contributed by atoms with Crippen LogP contribution in [0.5, 0.6) is 0 Å². The van der Waals surface area contributed by atoms with Gasteiger partial charge in [-0.15, -0.1) is 6.58 Å². The van der Waals surface area contributed by atoms with Gasteiger partial charge in [0.2, 0.25) is 11.8 Å². The molecule has 37 heavy (non-hydrogen) atoms. The summed E-state index contributed by atoms with van der Waals surface area (Å²) in [4.78, 5) is 35.1. The first kappa shape index (κ1) is 24.3. The fraction of sp³-hybridized carbons (Fsp3) is 0.621. The molecule has 0 bridgehead atoms. The lowest BCUT2D eigenvalue weighted by molar-refractivity contribution is -0.136. The Hall–Kier alpha value is -3.03. The second-order valence-corrected chi connectivity index (χ2v) is 11.8. The molecule has 2 saturated heterocycles. The Morgan fingerprint density at radius 3 is 2.62 bits per heavy atom. The zero-order valence-corrected chi connectivity index (χ0v) is 21.6. The van der Waals surface area contributed by atoms with Gasteiger partial charge in [-0.05, 0) is 49.8 Å². The van der Waals surface area contributed by atoms with Crippen LogP contribution in [-0.4, -0.2) is 64.9 Å². The van der Waals surface area contributed by atoms with Crippen LogP contribution in [0.25, 0.3) is 6.08 Å². The second-order valence-electron chi connectivity index (χ2n) is 11.8. The molecule has 4 heterocycles. The van der Waals surface area contributed by atoms with E-state index in [0.717, 1.165) is 24.8 Å². The van der Waals surface area contributed by atoms with E-state index >= 15 is 0 Å². The second kappa shape index (κ2) is 10.0. The highest BCUT2D eigenvalue weighted by Gasteiger charge is 2.53. The molecule has 4 fully saturated rings. The van der Waals surface area contributed by atoms with E-state index in [1.165, 1.54) is 37.8 Å². The molecule has 1 aromatic rings. The Balaban J connectivity index is 1.04. The molecule has 8 nitrogen and oxygen atoms in total. The van der Waals surface area contributed by atoms with Crippen LogP contribution >= 0.6 is 0 Å². The van der Waals surface area contributed by atoms with E-state index in [9.17, 15) is 9.59 Å². The third-order valence-electron chi connectivity index (χ3n) is 9.54. The van der Waals surface area contributed by atoms with Crippen LogP contribution in [0.1, 0.15) is 68.5 Å². The first-order valence-electron chi connectivity index (χ1n) is 14.1. The summed E-state index contributed by atoms with van der Waals surface area (Å²) in [6.45, 7) is 6.73. The molecule has 5 aliphatic rings. The lowest BCUT2D eigenvalue weighted by Gasteiger charge is -2.32. The number of fused-ring (bicyclic) bond motifs is 2. The molecule has 1 N–H and O–H groups in total. The standard InChI is InChI=1S/C29H38N6O2/c1-2-29-18-34(27(36)13-9-20-8-11-24(30-15-20)21-6-4-3-5-7-21)16-23(29)17-35(19-29)28(37)22-10-12-25-26(14-22)32-33-31-25/h2,8-9,11,13,15,21-23,25-26H,1,3-7,10,12,14,16-19H2,(H,31,32). The summed E-state index contributed by atoms with van der Waals surface area (Å²) < 4.78 is 0. The fourth-order valence-electron chi connectivity index (χ4n) is 7.26. The summed E-state index contributed by atoms with van der Waals surface area (Å²) in [5.41, 5.74) is 4.98. The van der Waals surface area contributed by atoms with Crippen molar-refractivity contribution in [3.05, 3.63) is 48.3 Å². The minimum atomic E-state index is -0.226. The van der Waals surface area contributed by atoms with Crippen LogP contribution in [0.4, 0.5) is 0 Å². The molecule has 2 saturated carbocycles. The minimum absolute atomic E-state index is 0.0167. The Morgan fingerprint density at radius 2 is 1.86 bits per heavy atom. The van der Waals surface area contributed by atoms with Crippen molar-refractivity contribution >= 4 is 17.9 Å². The molecule has 0 aromatic carbocycles. The van der Waals surface area contributed by atoms with E-state index < -0.39 is 0 Å². The van der Waals surface area contributed by atoms with Gasteiger partial charge in [0, 0.05) is 67.3 Å². The third-order valence-corrected chi connectivity index (χ3v) is 9.54. The highest BCUT2D eigenvalue weighted by Crippen LogP contribution is 2.44. The average Bonchev–Trinajstić information content (AvgIpc) is 3.64. The number of hydrogen-bond donors (Lipinski definition) is 1. The topological polar surface area (TPSA) is 90.3 Å². The molecular weight excluding hydrogens is 464 g/mol. The summed E-state index contributed by atoms with van der Waals surface area (Å²) in [7, 11) is 0. The number of likely N-dealkylation sites (tertiary alicyclic amines) is 2. The molecular formula is C29H38N6O2. The monoisotopic (exact) mass is 502 g/mol. The molecule has 1 aromatic heterocycles. The number of carbonyl (C=O) groups excluding carboxylic acids is 2. The van der Waals surface area contributed by atoms with E-state index in [4.69, 9.17) is 0 Å². The first-order valence-corrected chi connectivity index (χ1v) is 14.1. The molecule has 2 amide bonds. The van der Waals surface area contributed by atoms with Crippen LogP contribution < -0.4 is 5.43 Å². The minimum Gasteiger partial charge on any atom is -0.341 e. The van der Waals surface area contributed by atoms with Crippen LogP contribution in [0, 0.1) is 17.3 Å². The molecule has 3 aliphatic heterocycles. The molecule has 2 aliphatic carbocycles. The Bertz CT molecular complexity index is 1090. The molecule has 8 heteroatoms. The number of carbonyl (C=O) groups is 2. The lowest BCUT2D eigenvalue weighted by atomic mass is 9.81. The zero-order chi connectivity index (χ0) is 25.4. The van der Waals surface area contributed by atoms with Crippen molar-refractivity contribution in [3.63, 3.8) is 0 Å². The average molecular weight is 503 g/mol. The van der Waals surface area contributed by atoms with Gasteiger partial charge in [0.25, 0.3) is 0 Å². The Labute approximate surface area is 219 Å². The first-order chi connectivity index (χ1) is 18.0. The predicted octanol–water partition coefficient (Wildman–Crippen LogP) is 4.12. The number of pyridine rings is 1. The SMILES string of the molecule is C=CC12CN(C(=O)C=Cc3ccc(C4CCCCC4)nc3)CC1CN(C(=O)C1CCC3N=NNC3C1)C2. The third kappa shape index (κ3) is 4.71. The van der Waals surface area contributed by atoms with E-state index in [2.05, 4.69) is 39.5 Å². The highest BCUT2D eigenvalue weighted by atomic mass is 16.2. The summed E-state index contributed by atoms with van der Waals surface area (Å²) in [5, 5.41) is 8.19. The quantitative estimate of drug-likeness (QED) is 0.484. The van der Waals surface area contributed by atoms with E-state index in [1.807, 2.05) is 28.1 Å². The van der Waals surface area contributed by atoms with E-state index in [1.54, 1.807) is 6.08 Å². The van der Waals surface area contributed by atoms with Crippen molar-refractivity contribution in [2.24, 2.45) is 27.6 Å². The number of hydrogen-bond acceptors (Lipinski definition) is 6. The zero-order valence-electron chi connectivity index (χ0n) is 21.6. The largest absolute Gasteiger partial charge is 0.341 e. The molecule has 5 atom stereocenters. The van der Waals surface area contributed by atoms with Crippen LogP contribution in [-0.2, 0) is 9.59 Å². The molecule has 6 rings (SSSR count). The smallest absolute Gasteiger partial charge is 0.246 e. The van der Waals surface area contributed by atoms with Gasteiger partial charge in [-0.1, -0.05) is 36.6 Å². The van der Waals surface area contributed by atoms with Gasteiger partial charge in [0.15, 0.2) is 0 Å². The normalized spacial score (nSPS) is 33.4. The fourth-order valence-corrected chi connectivity index (χ4v) is 7.26. The number of aromatic nitrogens is 1. The van der Waals surface area contributed by atoms with Crippen LogP contribution in [0.15, 0.2) is 47.4 Å². The van der Waals surface area contributed by atoms with E-state index in [0.29, 0.717) is 32.1 Å². The van der Waals surface area contributed by atoms with E-state index in [-0.39, 0.29) is 41.1 Å². The van der Waals surface area contributed by atoms with Crippen molar-refractivity contribution in [2.45, 2.75) is 69.4 Å². The number of amides is 2. The van der Waals surface area contributed by atoms with Gasteiger partial charge < -0.3 is 9.80 Å². The van der Waals surface area contributed by atoms with Crippen molar-refractivity contribution in [1.82, 2.24) is 20.2 Å². The highest BCUT2D eigenvalue weighted by molar-refractivity contribution is 5.92. The number of nitrogens with zero attached hydrogens (tertiary/aromatic N) is 5. The van der Waals surface area contributed by atoms with Gasteiger partial charge in [-0.3, -0.25) is 20.0 Å². The molecule has 0 spiro atoms. The van der Waals surface area contributed by atoms with Crippen molar-refractivity contribution in [3.8, 4) is 0 Å². The Kier molecular flexibility index (Phi) is 6.59. The van der Waals surface area contributed by atoms with Gasteiger partial charge in [0.1, 0.15) is 0 Å².